The van der Waals surface area contributed by atoms with Crippen LogP contribution in [0.5, 0.6) is 0 Å². The molecule has 0 unspecified atom stereocenters. The molecule has 2 rings (SSSR count). The molecule has 1 saturated heterocycles. The van der Waals surface area contributed by atoms with Crippen molar-refractivity contribution < 1.29 is 4.74 Å². The van der Waals surface area contributed by atoms with E-state index in [9.17, 15) is 0 Å². The van der Waals surface area contributed by atoms with E-state index >= 15 is 0 Å². The first kappa shape index (κ1) is 9.22. The lowest BCUT2D eigenvalue weighted by atomic mass is 9.87. The molecule has 1 aliphatic rings. The average molecular weight is 191 g/mol. The standard InChI is InChI=1S/C10H13N3O/c1-7(2)8-3-12-9(13-8)10(4-11)5-14-6-10/h3,7H,5-6H2,1-2H3,(H,12,13). The lowest BCUT2D eigenvalue weighted by Gasteiger charge is -2.32. The van der Waals surface area contributed by atoms with E-state index < -0.39 is 5.41 Å². The van der Waals surface area contributed by atoms with Gasteiger partial charge in [0.25, 0.3) is 0 Å². The molecule has 1 fully saturated rings. The van der Waals surface area contributed by atoms with E-state index in [-0.39, 0.29) is 0 Å². The molecule has 4 nitrogen and oxygen atoms in total. The van der Waals surface area contributed by atoms with E-state index in [1.165, 1.54) is 0 Å². The van der Waals surface area contributed by atoms with Crippen molar-refractivity contribution in [3.05, 3.63) is 17.7 Å². The summed E-state index contributed by atoms with van der Waals surface area (Å²) in [6.07, 6.45) is 1.80. The molecule has 2 heterocycles. The summed E-state index contributed by atoms with van der Waals surface area (Å²) in [5.74, 6) is 1.16. The van der Waals surface area contributed by atoms with Crippen LogP contribution in [-0.4, -0.2) is 23.2 Å². The van der Waals surface area contributed by atoms with Crippen LogP contribution in [0, 0.1) is 11.3 Å². The molecule has 0 radical (unpaired) electrons. The Morgan fingerprint density at radius 1 is 1.64 bits per heavy atom. The number of hydrogen-bond acceptors (Lipinski definition) is 3. The highest BCUT2D eigenvalue weighted by Crippen LogP contribution is 2.30. The van der Waals surface area contributed by atoms with Gasteiger partial charge in [0.05, 0.1) is 19.3 Å². The number of nitrogens with zero attached hydrogens (tertiary/aromatic N) is 2. The van der Waals surface area contributed by atoms with Crippen molar-refractivity contribution in [1.82, 2.24) is 9.97 Å². The Balaban J connectivity index is 2.29. The lowest BCUT2D eigenvalue weighted by molar-refractivity contribution is -0.0336. The zero-order chi connectivity index (χ0) is 10.2. The quantitative estimate of drug-likeness (QED) is 0.767. The highest BCUT2D eigenvalue weighted by atomic mass is 16.5. The first-order valence-electron chi connectivity index (χ1n) is 4.72. The third-order valence-corrected chi connectivity index (χ3v) is 2.58. The normalized spacial score (nSPS) is 19.0. The van der Waals surface area contributed by atoms with Crippen LogP contribution < -0.4 is 0 Å². The second kappa shape index (κ2) is 3.10. The Morgan fingerprint density at radius 3 is 2.71 bits per heavy atom. The predicted octanol–water partition coefficient (Wildman–Crippen LogP) is 1.32. The summed E-state index contributed by atoms with van der Waals surface area (Å²) in [6.45, 7) is 5.09. The van der Waals surface area contributed by atoms with E-state index in [4.69, 9.17) is 10.00 Å². The SMILES string of the molecule is CC(C)c1cnc(C2(C#N)COC2)[nH]1. The minimum atomic E-state index is -0.521. The second-order valence-corrected chi connectivity index (χ2v) is 4.03. The number of aromatic amines is 1. The molecule has 0 spiro atoms. The summed E-state index contributed by atoms with van der Waals surface area (Å²) in [6, 6.07) is 2.26. The molecule has 0 aromatic carbocycles. The summed E-state index contributed by atoms with van der Waals surface area (Å²) in [4.78, 5) is 7.44. The molecule has 0 bridgehead atoms. The minimum absolute atomic E-state index is 0.410. The van der Waals surface area contributed by atoms with E-state index in [0.717, 1.165) is 11.5 Å². The van der Waals surface area contributed by atoms with Gasteiger partial charge >= 0.3 is 0 Å². The number of aromatic nitrogens is 2. The van der Waals surface area contributed by atoms with E-state index in [1.54, 1.807) is 6.20 Å². The summed E-state index contributed by atoms with van der Waals surface area (Å²) in [7, 11) is 0. The van der Waals surface area contributed by atoms with E-state index in [1.807, 2.05) is 0 Å². The van der Waals surface area contributed by atoms with Crippen LogP contribution in [0.4, 0.5) is 0 Å². The molecule has 1 aliphatic heterocycles. The topological polar surface area (TPSA) is 61.7 Å². The van der Waals surface area contributed by atoms with Gasteiger partial charge in [0.2, 0.25) is 0 Å². The van der Waals surface area contributed by atoms with Crippen LogP contribution in [0.15, 0.2) is 6.20 Å². The fraction of sp³-hybridized carbons (Fsp3) is 0.600. The van der Waals surface area contributed by atoms with Gasteiger partial charge in [-0.2, -0.15) is 5.26 Å². The molecule has 0 amide bonds. The summed E-state index contributed by atoms with van der Waals surface area (Å²) in [5, 5.41) is 9.05. The molecular formula is C10H13N3O. The molecule has 1 aromatic rings. The van der Waals surface area contributed by atoms with Crippen LogP contribution in [0.25, 0.3) is 0 Å². The molecular weight excluding hydrogens is 178 g/mol. The molecule has 0 saturated carbocycles. The molecule has 1 N–H and O–H groups in total. The minimum Gasteiger partial charge on any atom is -0.377 e. The summed E-state index contributed by atoms with van der Waals surface area (Å²) in [5.41, 5.74) is 0.550. The van der Waals surface area contributed by atoms with Gasteiger partial charge in [-0.25, -0.2) is 4.98 Å². The van der Waals surface area contributed by atoms with Crippen LogP contribution in [0.1, 0.15) is 31.3 Å². The van der Waals surface area contributed by atoms with Crippen molar-refractivity contribution in [2.75, 3.05) is 13.2 Å². The number of hydrogen-bond donors (Lipinski definition) is 1. The van der Waals surface area contributed by atoms with Gasteiger partial charge in [0, 0.05) is 11.9 Å². The highest BCUT2D eigenvalue weighted by Gasteiger charge is 2.43. The third-order valence-electron chi connectivity index (χ3n) is 2.58. The predicted molar refractivity (Wildman–Crippen MR) is 50.8 cm³/mol. The molecule has 74 valence electrons. The van der Waals surface area contributed by atoms with Crippen molar-refractivity contribution in [2.24, 2.45) is 0 Å². The number of nitriles is 1. The van der Waals surface area contributed by atoms with Crippen molar-refractivity contribution >= 4 is 0 Å². The first-order valence-corrected chi connectivity index (χ1v) is 4.72. The molecule has 0 atom stereocenters. The van der Waals surface area contributed by atoms with Crippen molar-refractivity contribution in [3.8, 4) is 6.07 Å². The Labute approximate surface area is 82.9 Å². The Kier molecular flexibility index (Phi) is 2.05. The van der Waals surface area contributed by atoms with Crippen molar-refractivity contribution in [3.63, 3.8) is 0 Å². The van der Waals surface area contributed by atoms with Gasteiger partial charge in [-0.15, -0.1) is 0 Å². The van der Waals surface area contributed by atoms with Gasteiger partial charge in [-0.3, -0.25) is 0 Å². The fourth-order valence-corrected chi connectivity index (χ4v) is 1.43. The molecule has 14 heavy (non-hydrogen) atoms. The van der Waals surface area contributed by atoms with Crippen molar-refractivity contribution in [2.45, 2.75) is 25.2 Å². The number of imidazole rings is 1. The maximum atomic E-state index is 9.05. The maximum absolute atomic E-state index is 9.05. The maximum Gasteiger partial charge on any atom is 0.161 e. The monoisotopic (exact) mass is 191 g/mol. The Morgan fingerprint density at radius 2 is 2.36 bits per heavy atom. The molecule has 0 aliphatic carbocycles. The van der Waals surface area contributed by atoms with Crippen LogP contribution in [0.3, 0.4) is 0 Å². The average Bonchev–Trinajstić information content (AvgIpc) is 2.52. The summed E-state index contributed by atoms with van der Waals surface area (Å²) >= 11 is 0. The van der Waals surface area contributed by atoms with E-state index in [0.29, 0.717) is 19.1 Å². The Bertz CT molecular complexity index is 371. The number of nitrogens with one attached hydrogen (secondary N) is 1. The number of H-pyrrole nitrogens is 1. The zero-order valence-electron chi connectivity index (χ0n) is 8.37. The van der Waals surface area contributed by atoms with Gasteiger partial charge < -0.3 is 9.72 Å². The van der Waals surface area contributed by atoms with Crippen LogP contribution in [-0.2, 0) is 10.2 Å². The highest BCUT2D eigenvalue weighted by molar-refractivity contribution is 5.26. The fourth-order valence-electron chi connectivity index (χ4n) is 1.43. The Hall–Kier alpha value is -1.34. The third kappa shape index (κ3) is 1.21. The molecule has 4 heteroatoms. The van der Waals surface area contributed by atoms with Gasteiger partial charge in [-0.1, -0.05) is 13.8 Å². The number of rotatable bonds is 2. The van der Waals surface area contributed by atoms with Gasteiger partial charge in [0.1, 0.15) is 5.82 Å². The number of ether oxygens (including phenoxy) is 1. The first-order chi connectivity index (χ1) is 6.68. The zero-order valence-corrected chi connectivity index (χ0v) is 8.37. The van der Waals surface area contributed by atoms with E-state index in [2.05, 4.69) is 29.9 Å². The summed E-state index contributed by atoms with van der Waals surface area (Å²) < 4.78 is 5.07. The smallest absolute Gasteiger partial charge is 0.161 e. The largest absolute Gasteiger partial charge is 0.377 e. The lowest BCUT2D eigenvalue weighted by Crippen LogP contribution is -2.46. The second-order valence-electron chi connectivity index (χ2n) is 4.03. The van der Waals surface area contributed by atoms with Crippen LogP contribution in [0.2, 0.25) is 0 Å². The van der Waals surface area contributed by atoms with Gasteiger partial charge in [0.15, 0.2) is 5.41 Å². The molecule has 1 aromatic heterocycles. The van der Waals surface area contributed by atoms with Crippen LogP contribution >= 0.6 is 0 Å². The van der Waals surface area contributed by atoms with Gasteiger partial charge in [-0.05, 0) is 5.92 Å². The van der Waals surface area contributed by atoms with Crippen molar-refractivity contribution in [1.29, 1.82) is 5.26 Å².